The summed E-state index contributed by atoms with van der Waals surface area (Å²) in [5.74, 6) is -1.36. The molecule has 1 fully saturated rings. The smallest absolute Gasteiger partial charge is 0.250 e. The summed E-state index contributed by atoms with van der Waals surface area (Å²) in [6.45, 7) is 4.81. The summed E-state index contributed by atoms with van der Waals surface area (Å²) in [6.07, 6.45) is 1.20. The van der Waals surface area contributed by atoms with Gasteiger partial charge in [-0.05, 0) is 43.9 Å². The van der Waals surface area contributed by atoms with Crippen LogP contribution in [0.5, 0.6) is 0 Å². The second kappa shape index (κ2) is 10.7. The molecule has 4 amide bonds. The molecule has 2 N–H and O–H groups in total. The maximum Gasteiger partial charge on any atom is 0.250 e. The third-order valence-corrected chi connectivity index (χ3v) is 6.90. The second-order valence-corrected chi connectivity index (χ2v) is 8.99. The van der Waals surface area contributed by atoms with Crippen LogP contribution in [0.25, 0.3) is 0 Å². The first kappa shape index (κ1) is 24.4. The van der Waals surface area contributed by atoms with E-state index in [4.69, 9.17) is 0 Å². The van der Waals surface area contributed by atoms with E-state index in [-0.39, 0.29) is 42.5 Å². The van der Waals surface area contributed by atoms with Crippen molar-refractivity contribution in [2.75, 3.05) is 24.5 Å². The van der Waals surface area contributed by atoms with Gasteiger partial charge in [0.2, 0.25) is 17.7 Å². The third-order valence-electron chi connectivity index (χ3n) is 6.90. The van der Waals surface area contributed by atoms with E-state index in [1.165, 1.54) is 4.90 Å². The number of hydrogen-bond acceptors (Lipinski definition) is 4. The maximum atomic E-state index is 14.1. The molecule has 8 nitrogen and oxygen atoms in total. The summed E-state index contributed by atoms with van der Waals surface area (Å²) in [7, 11) is 0. The van der Waals surface area contributed by atoms with E-state index in [2.05, 4.69) is 10.6 Å². The van der Waals surface area contributed by atoms with Crippen LogP contribution in [-0.4, -0.2) is 60.2 Å². The van der Waals surface area contributed by atoms with Crippen LogP contribution in [-0.2, 0) is 25.6 Å². The largest absolute Gasteiger partial charge is 0.344 e. The second-order valence-electron chi connectivity index (χ2n) is 8.99. The monoisotopic (exact) mass is 476 g/mol. The number of carbonyl (C=O) groups is 4. The van der Waals surface area contributed by atoms with Crippen LogP contribution in [0.1, 0.15) is 43.7 Å². The van der Waals surface area contributed by atoms with Gasteiger partial charge in [0.25, 0.3) is 5.91 Å². The van der Waals surface area contributed by atoms with Gasteiger partial charge < -0.3 is 20.4 Å². The molecular weight excluding hydrogens is 444 g/mol. The average Bonchev–Trinajstić information content (AvgIpc) is 3.28. The molecule has 0 bridgehead atoms. The first-order valence-electron chi connectivity index (χ1n) is 12.2. The number of hydrogen-bond donors (Lipinski definition) is 2. The van der Waals surface area contributed by atoms with Crippen molar-refractivity contribution in [3.05, 3.63) is 65.7 Å². The van der Waals surface area contributed by atoms with Crippen LogP contribution >= 0.6 is 0 Å². The van der Waals surface area contributed by atoms with Crippen molar-refractivity contribution in [1.29, 1.82) is 0 Å². The van der Waals surface area contributed by atoms with Gasteiger partial charge in [0.05, 0.1) is 0 Å². The molecule has 2 aromatic carbocycles. The first-order chi connectivity index (χ1) is 16.9. The number of rotatable bonds is 7. The Bertz CT molecular complexity index is 1100. The molecule has 2 aromatic rings. The highest BCUT2D eigenvalue weighted by Gasteiger charge is 2.41. The molecular formula is C27H32N4O4. The van der Waals surface area contributed by atoms with Crippen molar-refractivity contribution >= 4 is 29.3 Å². The standard InChI is InChI=1S/C27H32N4O4/c1-3-30(4-2)24(33)17-31-22-13-9-8-12-19(22)16-20(18-10-6-5-7-11-18)25(27(31)35)29-26(34)21-14-15-23(32)28-21/h5-13,20-21,25H,3-4,14-17H2,1-2H3,(H,28,32)(H,29,34)/t20-,21-,25-/m0/s1. The van der Waals surface area contributed by atoms with Gasteiger partial charge in [-0.25, -0.2) is 0 Å². The Morgan fingerprint density at radius 3 is 2.37 bits per heavy atom. The van der Waals surface area contributed by atoms with Crippen molar-refractivity contribution in [3.8, 4) is 0 Å². The maximum absolute atomic E-state index is 14.1. The highest BCUT2D eigenvalue weighted by atomic mass is 16.2. The molecule has 0 unspecified atom stereocenters. The zero-order chi connectivity index (χ0) is 24.9. The number of anilines is 1. The Balaban J connectivity index is 1.73. The molecule has 0 aliphatic carbocycles. The highest BCUT2D eigenvalue weighted by molar-refractivity contribution is 6.05. The van der Waals surface area contributed by atoms with E-state index < -0.39 is 12.1 Å². The van der Waals surface area contributed by atoms with Gasteiger partial charge in [-0.2, -0.15) is 0 Å². The molecule has 0 spiro atoms. The minimum atomic E-state index is -0.890. The number of benzene rings is 2. The molecule has 2 aliphatic heterocycles. The molecule has 184 valence electrons. The van der Waals surface area contributed by atoms with E-state index >= 15 is 0 Å². The van der Waals surface area contributed by atoms with Crippen LogP contribution in [0.4, 0.5) is 5.69 Å². The van der Waals surface area contributed by atoms with Gasteiger partial charge >= 0.3 is 0 Å². The van der Waals surface area contributed by atoms with Crippen LogP contribution < -0.4 is 15.5 Å². The average molecular weight is 477 g/mol. The van der Waals surface area contributed by atoms with Crippen LogP contribution in [0.3, 0.4) is 0 Å². The SMILES string of the molecule is CCN(CC)C(=O)CN1C(=O)[C@@H](NC(=O)[C@@H]2CCC(=O)N2)[C@H](c2ccccc2)Cc2ccccc21. The summed E-state index contributed by atoms with van der Waals surface area (Å²) >= 11 is 0. The molecule has 2 aliphatic rings. The van der Waals surface area contributed by atoms with Gasteiger partial charge in [0, 0.05) is 31.1 Å². The zero-order valence-corrected chi connectivity index (χ0v) is 20.2. The first-order valence-corrected chi connectivity index (χ1v) is 12.2. The predicted molar refractivity (Wildman–Crippen MR) is 133 cm³/mol. The predicted octanol–water partition coefficient (Wildman–Crippen LogP) is 1.99. The fourth-order valence-electron chi connectivity index (χ4n) is 4.97. The molecule has 3 atom stereocenters. The van der Waals surface area contributed by atoms with E-state index in [1.807, 2.05) is 68.4 Å². The molecule has 1 saturated heterocycles. The molecule has 4 rings (SSSR count). The summed E-state index contributed by atoms with van der Waals surface area (Å²) in [5, 5.41) is 5.63. The Hall–Kier alpha value is -3.68. The zero-order valence-electron chi connectivity index (χ0n) is 20.2. The fraction of sp³-hybridized carbons (Fsp3) is 0.407. The van der Waals surface area contributed by atoms with Crippen molar-refractivity contribution in [2.24, 2.45) is 0 Å². The lowest BCUT2D eigenvalue weighted by molar-refractivity contribution is -0.132. The number of nitrogens with one attached hydrogen (secondary N) is 2. The van der Waals surface area contributed by atoms with E-state index in [0.29, 0.717) is 31.6 Å². The van der Waals surface area contributed by atoms with Gasteiger partial charge in [0.1, 0.15) is 18.6 Å². The number of nitrogens with zero attached hydrogens (tertiary/aromatic N) is 2. The topological polar surface area (TPSA) is 98.8 Å². The summed E-state index contributed by atoms with van der Waals surface area (Å²) < 4.78 is 0. The van der Waals surface area contributed by atoms with Crippen molar-refractivity contribution in [3.63, 3.8) is 0 Å². The molecule has 2 heterocycles. The van der Waals surface area contributed by atoms with Crippen LogP contribution in [0, 0.1) is 0 Å². The Morgan fingerprint density at radius 2 is 1.71 bits per heavy atom. The molecule has 35 heavy (non-hydrogen) atoms. The van der Waals surface area contributed by atoms with Crippen LogP contribution in [0.15, 0.2) is 54.6 Å². The summed E-state index contributed by atoms with van der Waals surface area (Å²) in [6, 6.07) is 15.7. The molecule has 0 radical (unpaired) electrons. The molecule has 8 heteroatoms. The summed E-state index contributed by atoms with van der Waals surface area (Å²) in [4.78, 5) is 55.2. The fourth-order valence-corrected chi connectivity index (χ4v) is 4.97. The van der Waals surface area contributed by atoms with Gasteiger partial charge in [0.15, 0.2) is 0 Å². The normalized spacial score (nSPS) is 21.7. The highest BCUT2D eigenvalue weighted by Crippen LogP contribution is 2.35. The number of carbonyl (C=O) groups excluding carboxylic acids is 4. The lowest BCUT2D eigenvalue weighted by Crippen LogP contribution is -2.56. The van der Waals surface area contributed by atoms with E-state index in [1.54, 1.807) is 4.90 Å². The van der Waals surface area contributed by atoms with E-state index in [9.17, 15) is 19.2 Å². The van der Waals surface area contributed by atoms with Crippen LogP contribution in [0.2, 0.25) is 0 Å². The van der Waals surface area contributed by atoms with Gasteiger partial charge in [-0.1, -0.05) is 48.5 Å². The minimum absolute atomic E-state index is 0.106. The van der Waals surface area contributed by atoms with Crippen molar-refractivity contribution in [2.45, 2.75) is 51.1 Å². The third kappa shape index (κ3) is 5.21. The Morgan fingerprint density at radius 1 is 1.03 bits per heavy atom. The lowest BCUT2D eigenvalue weighted by Gasteiger charge is -2.31. The number of amides is 4. The summed E-state index contributed by atoms with van der Waals surface area (Å²) in [5.41, 5.74) is 2.55. The quantitative estimate of drug-likeness (QED) is 0.639. The number of likely N-dealkylation sites (N-methyl/N-ethyl adjacent to an activating group) is 1. The Kier molecular flexibility index (Phi) is 7.48. The number of para-hydroxylation sites is 1. The van der Waals surface area contributed by atoms with Crippen molar-refractivity contribution in [1.82, 2.24) is 15.5 Å². The van der Waals surface area contributed by atoms with E-state index in [0.717, 1.165) is 11.1 Å². The number of fused-ring (bicyclic) bond motifs is 1. The van der Waals surface area contributed by atoms with Gasteiger partial charge in [-0.15, -0.1) is 0 Å². The molecule has 0 aromatic heterocycles. The molecule has 0 saturated carbocycles. The minimum Gasteiger partial charge on any atom is -0.344 e. The van der Waals surface area contributed by atoms with Crippen molar-refractivity contribution < 1.29 is 19.2 Å². The Labute approximate surface area is 205 Å². The van der Waals surface area contributed by atoms with Gasteiger partial charge in [-0.3, -0.25) is 19.2 Å². The lowest BCUT2D eigenvalue weighted by atomic mass is 9.86.